The molecule has 1 rings (SSSR count). The van der Waals surface area contributed by atoms with Crippen LogP contribution in [0.4, 0.5) is 0 Å². The summed E-state index contributed by atoms with van der Waals surface area (Å²) in [4.78, 5) is 14.5. The van der Waals surface area contributed by atoms with E-state index in [1.165, 1.54) is 25.7 Å². The van der Waals surface area contributed by atoms with Crippen molar-refractivity contribution in [1.29, 1.82) is 0 Å². The summed E-state index contributed by atoms with van der Waals surface area (Å²) >= 11 is 0. The molecule has 0 fully saturated rings. The van der Waals surface area contributed by atoms with Gasteiger partial charge in [0, 0.05) is 6.04 Å². The van der Waals surface area contributed by atoms with E-state index < -0.39 is 5.41 Å². The van der Waals surface area contributed by atoms with E-state index in [0.29, 0.717) is 0 Å². The largest absolute Gasteiger partial charge is 0.369 e. The Kier molecular flexibility index (Phi) is 8.43. The molecule has 4 heteroatoms. The number of allylic oxidation sites excluding steroid dienone is 2. The highest BCUT2D eigenvalue weighted by Gasteiger charge is 2.39. The van der Waals surface area contributed by atoms with Gasteiger partial charge in [-0.3, -0.25) is 4.79 Å². The van der Waals surface area contributed by atoms with Gasteiger partial charge in [-0.25, -0.2) is 0 Å². The van der Waals surface area contributed by atoms with Crippen LogP contribution < -0.4 is 11.5 Å². The lowest BCUT2D eigenvalue weighted by atomic mass is 9.73. The van der Waals surface area contributed by atoms with Gasteiger partial charge in [0.05, 0.1) is 5.41 Å². The van der Waals surface area contributed by atoms with Gasteiger partial charge in [0.1, 0.15) is 0 Å². The number of rotatable bonds is 11. The molecule has 126 valence electrons. The van der Waals surface area contributed by atoms with E-state index in [9.17, 15) is 4.79 Å². The van der Waals surface area contributed by atoms with E-state index in [0.717, 1.165) is 32.5 Å². The number of amides is 1. The van der Waals surface area contributed by atoms with Gasteiger partial charge in [0.25, 0.3) is 0 Å². The minimum atomic E-state index is -0.712. The Morgan fingerprint density at radius 3 is 2.18 bits per heavy atom. The zero-order valence-corrected chi connectivity index (χ0v) is 14.3. The number of carbonyl (C=O) groups is 1. The van der Waals surface area contributed by atoms with Gasteiger partial charge in [0.2, 0.25) is 5.91 Å². The minimum Gasteiger partial charge on any atom is -0.369 e. The predicted molar refractivity (Wildman–Crippen MR) is 93.4 cm³/mol. The third-order valence-electron chi connectivity index (χ3n) is 4.60. The van der Waals surface area contributed by atoms with Crippen LogP contribution in [0.3, 0.4) is 0 Å². The highest BCUT2D eigenvalue weighted by Crippen LogP contribution is 2.32. The van der Waals surface area contributed by atoms with Gasteiger partial charge in [-0.1, -0.05) is 51.0 Å². The Morgan fingerprint density at radius 2 is 1.68 bits per heavy atom. The minimum absolute atomic E-state index is 0.310. The van der Waals surface area contributed by atoms with Crippen LogP contribution in [0, 0.1) is 5.41 Å². The Hall–Kier alpha value is -1.13. The van der Waals surface area contributed by atoms with Crippen LogP contribution >= 0.6 is 0 Å². The first-order valence-electron chi connectivity index (χ1n) is 8.70. The molecule has 2 unspecified atom stereocenters. The molecule has 0 aromatic heterocycles. The zero-order chi connectivity index (χ0) is 16.4. The average molecular weight is 307 g/mol. The average Bonchev–Trinajstić information content (AvgIpc) is 2.51. The number of hydrogen-bond donors (Lipinski definition) is 2. The van der Waals surface area contributed by atoms with Crippen LogP contribution in [0.2, 0.25) is 0 Å². The molecule has 1 amide bonds. The number of primary amides is 1. The van der Waals surface area contributed by atoms with Crippen molar-refractivity contribution in [3.63, 3.8) is 0 Å². The monoisotopic (exact) mass is 307 g/mol. The summed E-state index contributed by atoms with van der Waals surface area (Å²) in [6, 6.07) is -0.310. The van der Waals surface area contributed by atoms with Crippen LogP contribution in [-0.2, 0) is 4.79 Å². The maximum Gasteiger partial charge on any atom is 0.229 e. The molecule has 0 radical (unpaired) electrons. The first kappa shape index (κ1) is 18.9. The topological polar surface area (TPSA) is 72.3 Å². The molecule has 1 aliphatic carbocycles. The number of carbonyl (C=O) groups excluding carboxylic acids is 1. The third kappa shape index (κ3) is 5.25. The van der Waals surface area contributed by atoms with Crippen molar-refractivity contribution >= 4 is 5.91 Å². The van der Waals surface area contributed by atoms with E-state index in [1.807, 2.05) is 24.3 Å². The van der Waals surface area contributed by atoms with Crippen molar-refractivity contribution < 1.29 is 4.79 Å². The van der Waals surface area contributed by atoms with Crippen LogP contribution in [0.15, 0.2) is 24.3 Å². The summed E-state index contributed by atoms with van der Waals surface area (Å²) in [5.41, 5.74) is 11.1. The lowest BCUT2D eigenvalue weighted by molar-refractivity contribution is -0.126. The molecule has 0 aromatic carbocycles. The van der Waals surface area contributed by atoms with Gasteiger partial charge in [0.15, 0.2) is 0 Å². The fraction of sp³-hybridized carbons (Fsp3) is 0.722. The van der Waals surface area contributed by atoms with Gasteiger partial charge >= 0.3 is 0 Å². The molecule has 0 spiro atoms. The summed E-state index contributed by atoms with van der Waals surface area (Å²) in [5.74, 6) is -0.311. The summed E-state index contributed by atoms with van der Waals surface area (Å²) in [6.07, 6.45) is 14.1. The molecular weight excluding hydrogens is 274 g/mol. The quantitative estimate of drug-likeness (QED) is 0.616. The lowest BCUT2D eigenvalue weighted by Crippen LogP contribution is -2.49. The van der Waals surface area contributed by atoms with Gasteiger partial charge in [-0.2, -0.15) is 0 Å². The molecule has 0 saturated heterocycles. The lowest BCUT2D eigenvalue weighted by Gasteiger charge is -2.34. The molecular formula is C18H33N3O. The SMILES string of the molecule is CCCCN(CCCC)CCCC1(C(N)=O)C=CC=CC1N. The van der Waals surface area contributed by atoms with Crippen molar-refractivity contribution in [3.05, 3.63) is 24.3 Å². The fourth-order valence-electron chi connectivity index (χ4n) is 3.01. The predicted octanol–water partition coefficient (Wildman–Crippen LogP) is 2.59. The molecule has 2 atom stereocenters. The molecule has 0 saturated carbocycles. The number of nitrogens with two attached hydrogens (primary N) is 2. The molecule has 0 heterocycles. The van der Waals surface area contributed by atoms with Crippen molar-refractivity contribution in [1.82, 2.24) is 4.90 Å². The van der Waals surface area contributed by atoms with E-state index >= 15 is 0 Å². The van der Waals surface area contributed by atoms with Gasteiger partial charge in [-0.05, 0) is 45.3 Å². The maximum absolute atomic E-state index is 12.0. The van der Waals surface area contributed by atoms with Crippen LogP contribution in [0.25, 0.3) is 0 Å². The third-order valence-corrected chi connectivity index (χ3v) is 4.60. The highest BCUT2D eigenvalue weighted by atomic mass is 16.1. The Morgan fingerprint density at radius 1 is 1.09 bits per heavy atom. The number of nitrogens with zero attached hydrogens (tertiary/aromatic N) is 1. The second kappa shape index (κ2) is 9.80. The van der Waals surface area contributed by atoms with Crippen molar-refractivity contribution in [2.24, 2.45) is 16.9 Å². The maximum atomic E-state index is 12.0. The molecule has 0 bridgehead atoms. The summed E-state index contributed by atoms with van der Waals surface area (Å²) in [6.45, 7) is 7.74. The number of hydrogen-bond acceptors (Lipinski definition) is 3. The highest BCUT2D eigenvalue weighted by molar-refractivity contribution is 5.84. The van der Waals surface area contributed by atoms with E-state index in [4.69, 9.17) is 11.5 Å². The van der Waals surface area contributed by atoms with Crippen LogP contribution in [0.5, 0.6) is 0 Å². The normalized spacial score (nSPS) is 24.1. The van der Waals surface area contributed by atoms with Crippen molar-refractivity contribution in [2.45, 2.75) is 58.4 Å². The van der Waals surface area contributed by atoms with Crippen LogP contribution in [-0.4, -0.2) is 36.5 Å². The van der Waals surface area contributed by atoms with E-state index in [2.05, 4.69) is 18.7 Å². The molecule has 4 N–H and O–H groups in total. The standard InChI is InChI=1S/C18H33N3O/c1-3-5-13-21(14-6-4-2)15-9-12-18(17(20)22)11-8-7-10-16(18)19/h7-8,10-11,16H,3-6,9,12-15,19H2,1-2H3,(H2,20,22). The summed E-state index contributed by atoms with van der Waals surface area (Å²) < 4.78 is 0. The molecule has 1 aliphatic rings. The zero-order valence-electron chi connectivity index (χ0n) is 14.3. The van der Waals surface area contributed by atoms with Gasteiger partial charge < -0.3 is 16.4 Å². The molecule has 4 nitrogen and oxygen atoms in total. The summed E-state index contributed by atoms with van der Waals surface area (Å²) in [7, 11) is 0. The van der Waals surface area contributed by atoms with Crippen LogP contribution in [0.1, 0.15) is 52.4 Å². The molecule has 22 heavy (non-hydrogen) atoms. The molecule has 0 aliphatic heterocycles. The van der Waals surface area contributed by atoms with E-state index in [1.54, 1.807) is 0 Å². The first-order valence-corrected chi connectivity index (χ1v) is 8.70. The first-order chi connectivity index (χ1) is 10.6. The smallest absolute Gasteiger partial charge is 0.229 e. The Bertz CT molecular complexity index is 384. The fourth-order valence-corrected chi connectivity index (χ4v) is 3.01. The van der Waals surface area contributed by atoms with Crippen molar-refractivity contribution in [3.8, 4) is 0 Å². The van der Waals surface area contributed by atoms with Gasteiger partial charge in [-0.15, -0.1) is 0 Å². The second-order valence-electron chi connectivity index (χ2n) is 6.33. The Balaban J connectivity index is 2.55. The van der Waals surface area contributed by atoms with Crippen molar-refractivity contribution in [2.75, 3.05) is 19.6 Å². The molecule has 0 aromatic rings. The number of unbranched alkanes of at least 4 members (excludes halogenated alkanes) is 2. The second-order valence-corrected chi connectivity index (χ2v) is 6.33. The van der Waals surface area contributed by atoms with E-state index in [-0.39, 0.29) is 11.9 Å². The Labute approximate surface area is 135 Å². The summed E-state index contributed by atoms with van der Waals surface area (Å²) in [5, 5.41) is 0.